The average Bonchev–Trinajstić information content (AvgIpc) is 3.70. The van der Waals surface area contributed by atoms with Crippen LogP contribution in [-0.4, -0.2) is 12.6 Å². The number of thiophene rings is 2. The van der Waals surface area contributed by atoms with Crippen molar-refractivity contribution in [3.05, 3.63) is 96.1 Å². The highest BCUT2D eigenvalue weighted by atomic mass is 32.1. The van der Waals surface area contributed by atoms with Crippen molar-refractivity contribution >= 4 is 28.6 Å². The second kappa shape index (κ2) is 17.2. The van der Waals surface area contributed by atoms with Gasteiger partial charge in [0.15, 0.2) is 0 Å². The Labute approximate surface area is 261 Å². The van der Waals surface area contributed by atoms with Crippen molar-refractivity contribution in [3.63, 3.8) is 0 Å². The summed E-state index contributed by atoms with van der Waals surface area (Å²) in [5.74, 6) is -0.266. The fourth-order valence-electron chi connectivity index (χ4n) is 5.12. The van der Waals surface area contributed by atoms with E-state index in [0.717, 1.165) is 19.3 Å². The molecule has 0 aliphatic rings. The molecule has 2 nitrogen and oxygen atoms in total. The van der Waals surface area contributed by atoms with Crippen LogP contribution in [0.15, 0.2) is 84.9 Å². The van der Waals surface area contributed by atoms with Crippen molar-refractivity contribution in [2.75, 3.05) is 6.61 Å². The molecular formula is C38H46O2S2. The van der Waals surface area contributed by atoms with Gasteiger partial charge in [-0.1, -0.05) is 113 Å². The minimum absolute atomic E-state index is 0.266. The lowest BCUT2D eigenvalue weighted by Gasteiger charge is -2.05. The first-order chi connectivity index (χ1) is 20.5. The van der Waals surface area contributed by atoms with Crippen molar-refractivity contribution in [1.29, 1.82) is 0 Å². The van der Waals surface area contributed by atoms with E-state index >= 15 is 0 Å². The van der Waals surface area contributed by atoms with Crippen LogP contribution in [0, 0.1) is 0 Å². The van der Waals surface area contributed by atoms with Crippen LogP contribution in [0.1, 0.15) is 89.2 Å². The molecule has 0 radical (unpaired) electrons. The Kier molecular flexibility index (Phi) is 13.1. The molecule has 0 spiro atoms. The molecule has 0 unspecified atom stereocenters. The van der Waals surface area contributed by atoms with Crippen LogP contribution in [0.25, 0.3) is 30.6 Å². The molecule has 42 heavy (non-hydrogen) atoms. The first-order valence-electron chi connectivity index (χ1n) is 15.7. The zero-order chi connectivity index (χ0) is 29.6. The summed E-state index contributed by atoms with van der Waals surface area (Å²) >= 11 is 3.77. The third kappa shape index (κ3) is 10.1. The minimum Gasteiger partial charge on any atom is -0.462 e. The summed E-state index contributed by atoms with van der Waals surface area (Å²) in [5, 5.41) is 0. The third-order valence-corrected chi connectivity index (χ3v) is 10.2. The van der Waals surface area contributed by atoms with Crippen LogP contribution in [0.2, 0.25) is 0 Å². The number of carbonyl (C=O) groups is 1. The van der Waals surface area contributed by atoms with Crippen molar-refractivity contribution in [2.45, 2.75) is 90.9 Å². The molecule has 4 rings (SSSR count). The van der Waals surface area contributed by atoms with Crippen molar-refractivity contribution < 1.29 is 9.53 Å². The van der Waals surface area contributed by atoms with Crippen LogP contribution >= 0.6 is 22.7 Å². The van der Waals surface area contributed by atoms with Gasteiger partial charge in [0, 0.05) is 25.1 Å². The molecule has 0 amide bonds. The first kappa shape index (κ1) is 32.0. The van der Waals surface area contributed by atoms with E-state index in [-0.39, 0.29) is 5.97 Å². The number of ether oxygens (including phenoxy) is 1. The Hall–Kier alpha value is -2.95. The monoisotopic (exact) mass is 598 g/mol. The molecule has 0 aliphatic carbocycles. The zero-order valence-electron chi connectivity index (χ0n) is 25.5. The molecule has 2 aromatic heterocycles. The number of rotatable bonds is 18. The summed E-state index contributed by atoms with van der Waals surface area (Å²) in [6.07, 6.45) is 14.8. The van der Waals surface area contributed by atoms with Gasteiger partial charge in [0.05, 0.1) is 6.61 Å². The van der Waals surface area contributed by atoms with Crippen molar-refractivity contribution in [2.24, 2.45) is 0 Å². The van der Waals surface area contributed by atoms with Gasteiger partial charge in [-0.2, -0.15) is 0 Å². The summed E-state index contributed by atoms with van der Waals surface area (Å²) < 4.78 is 5.14. The lowest BCUT2D eigenvalue weighted by molar-refractivity contribution is -0.139. The smallest absolute Gasteiger partial charge is 0.333 e. The van der Waals surface area contributed by atoms with E-state index in [2.05, 4.69) is 86.3 Å². The molecule has 222 valence electrons. The summed E-state index contributed by atoms with van der Waals surface area (Å²) in [5.41, 5.74) is 5.93. The topological polar surface area (TPSA) is 26.3 Å². The summed E-state index contributed by atoms with van der Waals surface area (Å²) in [4.78, 5) is 16.7. The molecule has 0 bridgehead atoms. The maximum Gasteiger partial charge on any atom is 0.333 e. The quantitative estimate of drug-likeness (QED) is 0.0647. The van der Waals surface area contributed by atoms with E-state index in [1.54, 1.807) is 6.92 Å². The second-order valence-electron chi connectivity index (χ2n) is 11.3. The molecule has 0 fully saturated rings. The van der Waals surface area contributed by atoms with Gasteiger partial charge in [0.25, 0.3) is 0 Å². The van der Waals surface area contributed by atoms with Gasteiger partial charge in [-0.05, 0) is 79.1 Å². The summed E-state index contributed by atoms with van der Waals surface area (Å²) in [7, 11) is 0. The second-order valence-corrected chi connectivity index (χ2v) is 13.4. The van der Waals surface area contributed by atoms with E-state index in [1.807, 2.05) is 22.7 Å². The van der Waals surface area contributed by atoms with E-state index in [4.69, 9.17) is 4.74 Å². The fraction of sp³-hybridized carbons (Fsp3) is 0.395. The van der Waals surface area contributed by atoms with Crippen molar-refractivity contribution in [1.82, 2.24) is 0 Å². The molecule has 4 heteroatoms. The van der Waals surface area contributed by atoms with Gasteiger partial charge in [0.1, 0.15) is 0 Å². The van der Waals surface area contributed by atoms with Gasteiger partial charge in [0.2, 0.25) is 0 Å². The maximum atomic E-state index is 11.3. The Morgan fingerprint density at radius 3 is 1.50 bits per heavy atom. The van der Waals surface area contributed by atoms with Gasteiger partial charge in [-0.25, -0.2) is 4.79 Å². The molecule has 0 aliphatic heterocycles. The van der Waals surface area contributed by atoms with Crippen LogP contribution in [0.5, 0.6) is 0 Å². The number of carbonyl (C=O) groups excluding carboxylic acids is 1. The SMILES string of the molecule is C=C(C)C(=O)OCCCCCCCCCCCCc1ccc(-c2ccc(-c3ccc(-c4ccc(CC)cc4)s3)s2)cc1. The minimum atomic E-state index is -0.266. The van der Waals surface area contributed by atoms with Gasteiger partial charge in [-0.3, -0.25) is 0 Å². The first-order valence-corrected chi connectivity index (χ1v) is 17.4. The maximum absolute atomic E-state index is 11.3. The predicted octanol–water partition coefficient (Wildman–Crippen LogP) is 11.9. The van der Waals surface area contributed by atoms with Crippen LogP contribution in [0.4, 0.5) is 0 Å². The fourth-order valence-corrected chi connectivity index (χ4v) is 7.24. The largest absolute Gasteiger partial charge is 0.462 e. The molecular weight excluding hydrogens is 553 g/mol. The zero-order valence-corrected chi connectivity index (χ0v) is 27.1. The van der Waals surface area contributed by atoms with Gasteiger partial charge < -0.3 is 4.74 Å². The van der Waals surface area contributed by atoms with E-state index in [1.165, 1.54) is 99.5 Å². The summed E-state index contributed by atoms with van der Waals surface area (Å²) in [6.45, 7) is 8.02. The lowest BCUT2D eigenvalue weighted by Crippen LogP contribution is -2.05. The molecule has 0 N–H and O–H groups in total. The molecule has 2 heterocycles. The number of aryl methyl sites for hydroxylation is 2. The molecule has 0 saturated carbocycles. The lowest BCUT2D eigenvalue weighted by atomic mass is 10.0. The Morgan fingerprint density at radius 1 is 0.595 bits per heavy atom. The molecule has 0 saturated heterocycles. The van der Waals surface area contributed by atoms with Crippen LogP contribution < -0.4 is 0 Å². The van der Waals surface area contributed by atoms with Gasteiger partial charge >= 0.3 is 5.97 Å². The predicted molar refractivity (Wildman–Crippen MR) is 184 cm³/mol. The molecule has 2 aromatic carbocycles. The van der Waals surface area contributed by atoms with E-state index in [0.29, 0.717) is 12.2 Å². The Morgan fingerprint density at radius 2 is 1.02 bits per heavy atom. The van der Waals surface area contributed by atoms with E-state index in [9.17, 15) is 4.79 Å². The highest BCUT2D eigenvalue weighted by Gasteiger charge is 2.09. The normalized spacial score (nSPS) is 11.1. The molecule has 4 aromatic rings. The van der Waals surface area contributed by atoms with Crippen LogP contribution in [0.3, 0.4) is 0 Å². The Balaban J connectivity index is 1.09. The Bertz CT molecular complexity index is 1380. The van der Waals surface area contributed by atoms with E-state index < -0.39 is 0 Å². The third-order valence-electron chi connectivity index (χ3n) is 7.78. The number of esters is 1. The highest BCUT2D eigenvalue weighted by molar-refractivity contribution is 7.25. The average molecular weight is 599 g/mol. The number of hydrogen-bond acceptors (Lipinski definition) is 4. The number of hydrogen-bond donors (Lipinski definition) is 0. The highest BCUT2D eigenvalue weighted by Crippen LogP contribution is 2.40. The number of unbranched alkanes of at least 4 members (excludes halogenated alkanes) is 9. The van der Waals surface area contributed by atoms with Crippen LogP contribution in [-0.2, 0) is 22.4 Å². The van der Waals surface area contributed by atoms with Gasteiger partial charge in [-0.15, -0.1) is 22.7 Å². The standard InChI is InChI=1S/C38H46O2S2/c1-4-30-16-20-32(21-17-30)34-24-26-36(41-34)37-27-25-35(42-37)33-22-18-31(19-23-33)15-13-11-9-7-5-6-8-10-12-14-28-40-38(39)29(2)3/h16-27H,2,4-15,28H2,1,3H3. The molecule has 0 atom stereocenters. The summed E-state index contributed by atoms with van der Waals surface area (Å²) in [6, 6.07) is 27.3. The van der Waals surface area contributed by atoms with Crippen molar-refractivity contribution in [3.8, 4) is 30.6 Å². The number of benzene rings is 2.